The van der Waals surface area contributed by atoms with Crippen molar-refractivity contribution in [3.63, 3.8) is 0 Å². The van der Waals surface area contributed by atoms with Crippen LogP contribution in [0.15, 0.2) is 24.3 Å². The van der Waals surface area contributed by atoms with E-state index in [1.54, 1.807) is 45.1 Å². The molecule has 0 unspecified atom stereocenters. The number of benzene rings is 1. The van der Waals surface area contributed by atoms with E-state index in [1.165, 1.54) is 6.07 Å². The van der Waals surface area contributed by atoms with Gasteiger partial charge < -0.3 is 15.8 Å². The minimum absolute atomic E-state index is 0.263. The van der Waals surface area contributed by atoms with Crippen LogP contribution in [0.3, 0.4) is 0 Å². The molecule has 1 rings (SSSR count). The van der Waals surface area contributed by atoms with Crippen molar-refractivity contribution in [1.82, 2.24) is 5.32 Å². The van der Waals surface area contributed by atoms with Crippen LogP contribution in [0.25, 0.3) is 6.08 Å². The lowest BCUT2D eigenvalue weighted by Crippen LogP contribution is -2.32. The second-order valence-corrected chi connectivity index (χ2v) is 5.07. The lowest BCUT2D eigenvalue weighted by Gasteiger charge is -2.19. The van der Waals surface area contributed by atoms with E-state index in [9.17, 15) is 9.18 Å². The summed E-state index contributed by atoms with van der Waals surface area (Å²) >= 11 is 0. The molecule has 0 aromatic heterocycles. The molecule has 0 aliphatic heterocycles. The second-order valence-electron chi connectivity index (χ2n) is 5.07. The first-order valence-corrected chi connectivity index (χ1v) is 5.96. The molecule has 0 saturated heterocycles. The SMILES string of the molecule is CC(C)(C)OC(=O)NCC=Cc1ccc(N)cc1F. The Bertz CT molecular complexity index is 479. The highest BCUT2D eigenvalue weighted by atomic mass is 19.1. The third-order valence-corrected chi connectivity index (χ3v) is 2.09. The van der Waals surface area contributed by atoms with Gasteiger partial charge in [0.05, 0.1) is 0 Å². The summed E-state index contributed by atoms with van der Waals surface area (Å²) in [5.41, 5.74) is 5.71. The maximum absolute atomic E-state index is 13.4. The molecule has 19 heavy (non-hydrogen) atoms. The fourth-order valence-corrected chi connectivity index (χ4v) is 1.32. The minimum Gasteiger partial charge on any atom is -0.444 e. The van der Waals surface area contributed by atoms with Crippen molar-refractivity contribution in [2.45, 2.75) is 26.4 Å². The molecule has 5 heteroatoms. The van der Waals surface area contributed by atoms with E-state index in [0.29, 0.717) is 11.3 Å². The number of halogens is 1. The second kappa shape index (κ2) is 6.22. The molecule has 3 N–H and O–H groups in total. The van der Waals surface area contributed by atoms with Crippen LogP contribution >= 0.6 is 0 Å². The molecule has 1 amide bonds. The Labute approximate surface area is 112 Å². The standard InChI is InChI=1S/C14H19FN2O2/c1-14(2,3)19-13(18)17-8-4-5-10-6-7-11(16)9-12(10)15/h4-7,9H,8,16H2,1-3H3,(H,17,18). The summed E-state index contributed by atoms with van der Waals surface area (Å²) in [7, 11) is 0. The zero-order chi connectivity index (χ0) is 14.5. The lowest BCUT2D eigenvalue weighted by molar-refractivity contribution is 0.0534. The van der Waals surface area contributed by atoms with Gasteiger partial charge >= 0.3 is 6.09 Å². The van der Waals surface area contributed by atoms with Crippen LogP contribution in [0.2, 0.25) is 0 Å². The van der Waals surface area contributed by atoms with E-state index in [2.05, 4.69) is 5.32 Å². The highest BCUT2D eigenvalue weighted by Crippen LogP contribution is 2.13. The van der Waals surface area contributed by atoms with E-state index >= 15 is 0 Å². The predicted molar refractivity (Wildman–Crippen MR) is 74.1 cm³/mol. The van der Waals surface area contributed by atoms with Crippen molar-refractivity contribution in [3.8, 4) is 0 Å². The van der Waals surface area contributed by atoms with E-state index in [4.69, 9.17) is 10.5 Å². The van der Waals surface area contributed by atoms with E-state index in [0.717, 1.165) is 0 Å². The van der Waals surface area contributed by atoms with Crippen molar-refractivity contribution < 1.29 is 13.9 Å². The zero-order valence-corrected chi connectivity index (χ0v) is 11.4. The first kappa shape index (κ1) is 15.0. The van der Waals surface area contributed by atoms with Gasteiger partial charge in [0, 0.05) is 17.8 Å². The first-order valence-electron chi connectivity index (χ1n) is 5.96. The minimum atomic E-state index is -0.531. The third-order valence-electron chi connectivity index (χ3n) is 2.09. The number of nitrogens with one attached hydrogen (secondary N) is 1. The van der Waals surface area contributed by atoms with Gasteiger partial charge in [-0.25, -0.2) is 9.18 Å². The van der Waals surface area contributed by atoms with E-state index in [-0.39, 0.29) is 6.54 Å². The number of rotatable bonds is 3. The Balaban J connectivity index is 2.44. The third kappa shape index (κ3) is 5.90. The van der Waals surface area contributed by atoms with Crippen molar-refractivity contribution in [1.29, 1.82) is 0 Å². The first-order chi connectivity index (χ1) is 8.78. The molecule has 104 valence electrons. The van der Waals surface area contributed by atoms with Crippen LogP contribution in [0.5, 0.6) is 0 Å². The van der Waals surface area contributed by atoms with E-state index in [1.807, 2.05) is 0 Å². The molecule has 0 atom stereocenters. The molecule has 4 nitrogen and oxygen atoms in total. The molecule has 0 radical (unpaired) electrons. The Morgan fingerprint density at radius 1 is 1.47 bits per heavy atom. The lowest BCUT2D eigenvalue weighted by atomic mass is 10.2. The van der Waals surface area contributed by atoms with Gasteiger partial charge in [-0.15, -0.1) is 0 Å². The fourth-order valence-electron chi connectivity index (χ4n) is 1.32. The summed E-state index contributed by atoms with van der Waals surface area (Å²) in [5, 5.41) is 2.55. The number of alkyl carbamates (subject to hydrolysis) is 1. The molecule has 0 bridgehead atoms. The summed E-state index contributed by atoms with van der Waals surface area (Å²) in [5.74, 6) is -0.395. The molecule has 0 heterocycles. The van der Waals surface area contributed by atoms with Crippen LogP contribution in [0, 0.1) is 5.82 Å². The number of hydrogen-bond acceptors (Lipinski definition) is 3. The molecule has 0 spiro atoms. The van der Waals surface area contributed by atoms with Crippen LogP contribution in [0.1, 0.15) is 26.3 Å². The Morgan fingerprint density at radius 2 is 2.16 bits per heavy atom. The Hall–Kier alpha value is -2.04. The zero-order valence-electron chi connectivity index (χ0n) is 11.4. The Kier molecular flexibility index (Phi) is 4.92. The van der Waals surface area contributed by atoms with Gasteiger partial charge in [0.25, 0.3) is 0 Å². The monoisotopic (exact) mass is 266 g/mol. The number of anilines is 1. The smallest absolute Gasteiger partial charge is 0.407 e. The van der Waals surface area contributed by atoms with Crippen LogP contribution < -0.4 is 11.1 Å². The number of hydrogen-bond donors (Lipinski definition) is 2. The molecule has 0 saturated carbocycles. The molecular formula is C14H19FN2O2. The molecular weight excluding hydrogens is 247 g/mol. The van der Waals surface area contributed by atoms with Gasteiger partial charge in [-0.05, 0) is 32.9 Å². The summed E-state index contributed by atoms with van der Waals surface area (Å²) in [6.07, 6.45) is 2.71. The number of ether oxygens (including phenoxy) is 1. The number of carbonyl (C=O) groups excluding carboxylic acids is 1. The van der Waals surface area contributed by atoms with Crippen LogP contribution in [0.4, 0.5) is 14.9 Å². The predicted octanol–water partition coefficient (Wildman–Crippen LogP) is 2.95. The average molecular weight is 266 g/mol. The summed E-state index contributed by atoms with van der Waals surface area (Å²) in [6, 6.07) is 4.44. The van der Waals surface area contributed by atoms with Crippen molar-refractivity contribution in [2.24, 2.45) is 0 Å². The quantitative estimate of drug-likeness (QED) is 0.827. The van der Waals surface area contributed by atoms with E-state index < -0.39 is 17.5 Å². The maximum atomic E-state index is 13.4. The molecule has 1 aromatic carbocycles. The summed E-state index contributed by atoms with van der Waals surface area (Å²) < 4.78 is 18.5. The van der Waals surface area contributed by atoms with Crippen molar-refractivity contribution in [2.75, 3.05) is 12.3 Å². The fraction of sp³-hybridized carbons (Fsp3) is 0.357. The maximum Gasteiger partial charge on any atom is 0.407 e. The van der Waals surface area contributed by atoms with Gasteiger partial charge in [-0.3, -0.25) is 0 Å². The van der Waals surface area contributed by atoms with Crippen molar-refractivity contribution >= 4 is 17.9 Å². The number of carbonyl (C=O) groups is 1. The van der Waals surface area contributed by atoms with Gasteiger partial charge in [0.2, 0.25) is 0 Å². The molecule has 0 aliphatic rings. The molecule has 0 aliphatic carbocycles. The number of amides is 1. The topological polar surface area (TPSA) is 64.3 Å². The highest BCUT2D eigenvalue weighted by molar-refractivity contribution is 5.68. The van der Waals surface area contributed by atoms with Gasteiger partial charge in [-0.2, -0.15) is 0 Å². The average Bonchev–Trinajstić information content (AvgIpc) is 2.24. The van der Waals surface area contributed by atoms with Gasteiger partial charge in [-0.1, -0.05) is 18.2 Å². The summed E-state index contributed by atoms with van der Waals surface area (Å²) in [4.78, 5) is 11.3. The normalized spacial score (nSPS) is 11.6. The van der Waals surface area contributed by atoms with Crippen LogP contribution in [-0.4, -0.2) is 18.2 Å². The summed E-state index contributed by atoms with van der Waals surface area (Å²) in [6.45, 7) is 5.61. The highest BCUT2D eigenvalue weighted by Gasteiger charge is 2.14. The number of nitrogens with two attached hydrogens (primary N) is 1. The molecule has 0 fully saturated rings. The van der Waals surface area contributed by atoms with Crippen LogP contribution in [-0.2, 0) is 4.74 Å². The number of nitrogen functional groups attached to an aromatic ring is 1. The molecule has 1 aromatic rings. The largest absolute Gasteiger partial charge is 0.444 e. The Morgan fingerprint density at radius 3 is 2.74 bits per heavy atom. The van der Waals surface area contributed by atoms with Gasteiger partial charge in [0.15, 0.2) is 0 Å². The van der Waals surface area contributed by atoms with Crippen molar-refractivity contribution in [3.05, 3.63) is 35.7 Å². The van der Waals surface area contributed by atoms with Gasteiger partial charge in [0.1, 0.15) is 11.4 Å².